The van der Waals surface area contributed by atoms with E-state index in [0.29, 0.717) is 12.6 Å². The van der Waals surface area contributed by atoms with Crippen LogP contribution in [0.5, 0.6) is 0 Å². The van der Waals surface area contributed by atoms with Gasteiger partial charge in [0.2, 0.25) is 0 Å². The van der Waals surface area contributed by atoms with Crippen molar-refractivity contribution >= 4 is 15.9 Å². The molecular formula is C11H14BrF2NO2. The lowest BCUT2D eigenvalue weighted by Crippen LogP contribution is -2.24. The van der Waals surface area contributed by atoms with Crippen molar-refractivity contribution in [1.29, 1.82) is 0 Å². The maximum atomic E-state index is 13.5. The summed E-state index contributed by atoms with van der Waals surface area (Å²) in [6.45, 7) is 0.485. The van der Waals surface area contributed by atoms with Crippen LogP contribution < -0.4 is 5.32 Å². The van der Waals surface area contributed by atoms with Crippen LogP contribution in [0, 0.1) is 11.6 Å². The van der Waals surface area contributed by atoms with Crippen LogP contribution >= 0.6 is 15.9 Å². The molecule has 0 radical (unpaired) electrons. The first kappa shape index (κ1) is 14.5. The van der Waals surface area contributed by atoms with Gasteiger partial charge < -0.3 is 15.5 Å². The molecule has 2 atom stereocenters. The number of hydrogen-bond acceptors (Lipinski definition) is 3. The molecule has 1 aromatic carbocycles. The first-order chi connectivity index (χ1) is 7.97. The molecule has 0 amide bonds. The Bertz CT molecular complexity index is 367. The quantitative estimate of drug-likeness (QED) is 0.776. The van der Waals surface area contributed by atoms with Gasteiger partial charge in [0, 0.05) is 16.1 Å². The van der Waals surface area contributed by atoms with E-state index in [9.17, 15) is 19.0 Å². The van der Waals surface area contributed by atoms with Gasteiger partial charge in [-0.25, -0.2) is 8.78 Å². The lowest BCUT2D eigenvalue weighted by Gasteiger charge is -2.19. The zero-order valence-corrected chi connectivity index (χ0v) is 10.8. The number of nitrogens with one attached hydrogen (secondary N) is 1. The molecule has 0 spiro atoms. The molecule has 0 aliphatic carbocycles. The number of aliphatic hydroxyl groups excluding tert-OH is 2. The Kier molecular flexibility index (Phi) is 5.45. The molecule has 0 aliphatic rings. The smallest absolute Gasteiger partial charge is 0.133 e. The zero-order valence-electron chi connectivity index (χ0n) is 9.25. The third-order valence-electron chi connectivity index (χ3n) is 2.39. The Morgan fingerprint density at radius 3 is 2.53 bits per heavy atom. The van der Waals surface area contributed by atoms with Crippen molar-refractivity contribution in [2.45, 2.75) is 18.6 Å². The number of aliphatic hydroxyl groups is 2. The SMILES string of the molecule is CNCCC(O)C(O)c1c(F)cc(F)cc1Br. The molecule has 0 fully saturated rings. The Hall–Kier alpha value is -0.560. The molecule has 0 saturated carbocycles. The molecule has 0 aromatic heterocycles. The van der Waals surface area contributed by atoms with Gasteiger partial charge in [0.05, 0.1) is 6.10 Å². The Morgan fingerprint density at radius 2 is 2.00 bits per heavy atom. The van der Waals surface area contributed by atoms with Gasteiger partial charge in [-0.05, 0) is 26.1 Å². The lowest BCUT2D eigenvalue weighted by molar-refractivity contribution is 0.0115. The van der Waals surface area contributed by atoms with Gasteiger partial charge in [-0.15, -0.1) is 0 Å². The van der Waals surface area contributed by atoms with E-state index in [4.69, 9.17) is 0 Å². The van der Waals surface area contributed by atoms with E-state index in [-0.39, 0.29) is 16.5 Å². The van der Waals surface area contributed by atoms with Crippen LogP contribution in [-0.4, -0.2) is 29.9 Å². The Labute approximate surface area is 107 Å². The second-order valence-corrected chi connectivity index (χ2v) is 4.54. The monoisotopic (exact) mass is 309 g/mol. The van der Waals surface area contributed by atoms with Crippen molar-refractivity contribution in [2.75, 3.05) is 13.6 Å². The highest BCUT2D eigenvalue weighted by Gasteiger charge is 2.24. The molecule has 3 nitrogen and oxygen atoms in total. The largest absolute Gasteiger partial charge is 0.390 e. The minimum absolute atomic E-state index is 0.103. The van der Waals surface area contributed by atoms with E-state index in [1.807, 2.05) is 0 Å². The van der Waals surface area contributed by atoms with Crippen molar-refractivity contribution < 1.29 is 19.0 Å². The standard InChI is InChI=1S/C11H14BrF2NO2/c1-15-3-2-9(16)11(17)10-7(12)4-6(13)5-8(10)14/h4-5,9,11,15-17H,2-3H2,1H3. The highest BCUT2D eigenvalue weighted by Crippen LogP contribution is 2.30. The topological polar surface area (TPSA) is 52.5 Å². The molecule has 1 rings (SSSR count). The summed E-state index contributed by atoms with van der Waals surface area (Å²) in [5.41, 5.74) is -0.130. The minimum atomic E-state index is -1.39. The molecule has 1 aromatic rings. The van der Waals surface area contributed by atoms with Gasteiger partial charge in [0.1, 0.15) is 17.7 Å². The van der Waals surface area contributed by atoms with Gasteiger partial charge in [-0.3, -0.25) is 0 Å². The summed E-state index contributed by atoms with van der Waals surface area (Å²) in [6, 6.07) is 1.72. The highest BCUT2D eigenvalue weighted by molar-refractivity contribution is 9.10. The van der Waals surface area contributed by atoms with Crippen LogP contribution in [0.4, 0.5) is 8.78 Å². The van der Waals surface area contributed by atoms with Crippen LogP contribution in [0.15, 0.2) is 16.6 Å². The third-order valence-corrected chi connectivity index (χ3v) is 3.05. The summed E-state index contributed by atoms with van der Waals surface area (Å²) >= 11 is 2.97. The van der Waals surface area contributed by atoms with Crippen LogP contribution in [0.3, 0.4) is 0 Å². The van der Waals surface area contributed by atoms with Gasteiger partial charge >= 0.3 is 0 Å². The average Bonchev–Trinajstić information content (AvgIpc) is 2.24. The van der Waals surface area contributed by atoms with E-state index in [2.05, 4.69) is 21.2 Å². The first-order valence-corrected chi connectivity index (χ1v) is 5.91. The summed E-state index contributed by atoms with van der Waals surface area (Å²) in [5, 5.41) is 22.3. The van der Waals surface area contributed by atoms with Crippen molar-refractivity contribution in [3.63, 3.8) is 0 Å². The van der Waals surface area contributed by atoms with Crippen molar-refractivity contribution in [1.82, 2.24) is 5.32 Å². The molecule has 3 N–H and O–H groups in total. The average molecular weight is 310 g/mol. The maximum absolute atomic E-state index is 13.5. The number of hydrogen-bond donors (Lipinski definition) is 3. The van der Waals surface area contributed by atoms with Gasteiger partial charge in [-0.1, -0.05) is 15.9 Å². The zero-order chi connectivity index (χ0) is 13.0. The summed E-state index contributed by atoms with van der Waals surface area (Å²) in [6.07, 6.45) is -2.24. The van der Waals surface area contributed by atoms with Crippen LogP contribution in [0.1, 0.15) is 18.1 Å². The van der Waals surface area contributed by atoms with Gasteiger partial charge in [-0.2, -0.15) is 0 Å². The van der Waals surface area contributed by atoms with Crippen molar-refractivity contribution in [3.8, 4) is 0 Å². The minimum Gasteiger partial charge on any atom is -0.390 e. The fraction of sp³-hybridized carbons (Fsp3) is 0.455. The molecule has 0 bridgehead atoms. The van der Waals surface area contributed by atoms with Crippen molar-refractivity contribution in [2.24, 2.45) is 0 Å². The fourth-order valence-electron chi connectivity index (χ4n) is 1.48. The first-order valence-electron chi connectivity index (χ1n) is 5.12. The normalized spacial score (nSPS) is 14.7. The summed E-state index contributed by atoms with van der Waals surface area (Å²) in [5.74, 6) is -1.62. The molecule has 96 valence electrons. The molecule has 6 heteroatoms. The van der Waals surface area contributed by atoms with Gasteiger partial charge in [0.15, 0.2) is 0 Å². The predicted molar refractivity (Wildman–Crippen MR) is 63.6 cm³/mol. The number of benzene rings is 1. The maximum Gasteiger partial charge on any atom is 0.133 e. The van der Waals surface area contributed by atoms with E-state index >= 15 is 0 Å². The summed E-state index contributed by atoms with van der Waals surface area (Å²) in [4.78, 5) is 0. The van der Waals surface area contributed by atoms with Crippen LogP contribution in [0.2, 0.25) is 0 Å². The second kappa shape index (κ2) is 6.39. The lowest BCUT2D eigenvalue weighted by atomic mass is 10.0. The molecular weight excluding hydrogens is 296 g/mol. The molecule has 0 aliphatic heterocycles. The third kappa shape index (κ3) is 3.70. The summed E-state index contributed by atoms with van der Waals surface area (Å²) < 4.78 is 26.4. The van der Waals surface area contributed by atoms with Crippen LogP contribution in [-0.2, 0) is 0 Å². The Morgan fingerprint density at radius 1 is 1.35 bits per heavy atom. The Balaban J connectivity index is 2.91. The van der Waals surface area contributed by atoms with E-state index in [1.165, 1.54) is 0 Å². The van der Waals surface area contributed by atoms with Gasteiger partial charge in [0.25, 0.3) is 0 Å². The second-order valence-electron chi connectivity index (χ2n) is 3.69. The van der Waals surface area contributed by atoms with E-state index < -0.39 is 23.8 Å². The van der Waals surface area contributed by atoms with Crippen molar-refractivity contribution in [3.05, 3.63) is 33.8 Å². The van der Waals surface area contributed by atoms with E-state index in [0.717, 1.165) is 6.07 Å². The molecule has 17 heavy (non-hydrogen) atoms. The molecule has 2 unspecified atom stereocenters. The highest BCUT2D eigenvalue weighted by atomic mass is 79.9. The predicted octanol–water partition coefficient (Wildman–Crippen LogP) is 1.73. The van der Waals surface area contributed by atoms with E-state index in [1.54, 1.807) is 7.05 Å². The fourth-order valence-corrected chi connectivity index (χ4v) is 2.12. The number of halogens is 3. The van der Waals surface area contributed by atoms with Crippen LogP contribution in [0.25, 0.3) is 0 Å². The molecule has 0 saturated heterocycles. The number of rotatable bonds is 5. The molecule has 0 heterocycles. The summed E-state index contributed by atoms with van der Waals surface area (Å²) in [7, 11) is 1.70.